The van der Waals surface area contributed by atoms with Gasteiger partial charge in [0.15, 0.2) is 5.82 Å². The molecule has 19 heavy (non-hydrogen) atoms. The molecule has 106 valence electrons. The molecule has 0 saturated heterocycles. The minimum atomic E-state index is -4.28. The molecule has 0 aromatic heterocycles. The topological polar surface area (TPSA) is 89.3 Å². The van der Waals surface area contributed by atoms with Gasteiger partial charge >= 0.3 is 0 Å². The monoisotopic (exact) mass is 308 g/mol. The van der Waals surface area contributed by atoms with Gasteiger partial charge in [-0.1, -0.05) is 25.4 Å². The van der Waals surface area contributed by atoms with Crippen LogP contribution >= 0.6 is 11.6 Å². The number of hydrogen-bond donors (Lipinski definition) is 2. The third kappa shape index (κ3) is 4.15. The average Bonchev–Trinajstić information content (AvgIpc) is 2.27. The number of nitrogens with two attached hydrogens (primary N) is 1. The van der Waals surface area contributed by atoms with Crippen LogP contribution in [0.2, 0.25) is 5.02 Å². The molecule has 0 aliphatic carbocycles. The van der Waals surface area contributed by atoms with Crippen molar-refractivity contribution in [1.29, 1.82) is 0 Å². The number of halogens is 2. The molecule has 0 spiro atoms. The van der Waals surface area contributed by atoms with Crippen LogP contribution in [0.15, 0.2) is 17.0 Å². The molecule has 0 fully saturated rings. The van der Waals surface area contributed by atoms with Crippen molar-refractivity contribution in [3.8, 4) is 0 Å². The molecule has 1 aromatic rings. The fraction of sp³-hybridized carbons (Fsp3) is 0.364. The van der Waals surface area contributed by atoms with Gasteiger partial charge < -0.3 is 5.32 Å². The van der Waals surface area contributed by atoms with Crippen LogP contribution in [0.3, 0.4) is 0 Å². The first kappa shape index (κ1) is 15.9. The summed E-state index contributed by atoms with van der Waals surface area (Å²) in [6.45, 7) is 4.06. The molecule has 1 amide bonds. The van der Waals surface area contributed by atoms with Crippen molar-refractivity contribution in [3.63, 3.8) is 0 Å². The van der Waals surface area contributed by atoms with E-state index in [0.29, 0.717) is 6.54 Å². The van der Waals surface area contributed by atoms with E-state index in [-0.39, 0.29) is 10.9 Å². The highest BCUT2D eigenvalue weighted by molar-refractivity contribution is 7.89. The maximum Gasteiger partial charge on any atom is 0.254 e. The van der Waals surface area contributed by atoms with Gasteiger partial charge in [-0.25, -0.2) is 17.9 Å². The van der Waals surface area contributed by atoms with Crippen LogP contribution in [0.5, 0.6) is 0 Å². The fourth-order valence-corrected chi connectivity index (χ4v) is 2.26. The van der Waals surface area contributed by atoms with Gasteiger partial charge in [-0.2, -0.15) is 0 Å². The lowest BCUT2D eigenvalue weighted by atomic mass is 10.1. The Kier molecular flexibility index (Phi) is 4.89. The Morgan fingerprint density at radius 1 is 1.47 bits per heavy atom. The minimum Gasteiger partial charge on any atom is -0.352 e. The number of hydrogen-bond acceptors (Lipinski definition) is 3. The van der Waals surface area contributed by atoms with E-state index in [0.717, 1.165) is 12.1 Å². The molecule has 0 atom stereocenters. The van der Waals surface area contributed by atoms with Gasteiger partial charge in [-0.15, -0.1) is 0 Å². The Morgan fingerprint density at radius 2 is 2.05 bits per heavy atom. The van der Waals surface area contributed by atoms with Gasteiger partial charge in [0.05, 0.1) is 5.56 Å². The highest BCUT2D eigenvalue weighted by Crippen LogP contribution is 2.22. The standard InChI is InChI=1S/C11H14ClFN2O3S/c1-6(2)5-15-11(16)8-3-7(12)4-9(10(8)13)19(14,17)18/h3-4,6H,5H2,1-2H3,(H,15,16)(H2,14,17,18). The maximum atomic E-state index is 13.9. The van der Waals surface area contributed by atoms with Crippen molar-refractivity contribution >= 4 is 27.5 Å². The quantitative estimate of drug-likeness (QED) is 0.883. The summed E-state index contributed by atoms with van der Waals surface area (Å²) >= 11 is 5.67. The van der Waals surface area contributed by atoms with E-state index in [1.165, 1.54) is 0 Å². The lowest BCUT2D eigenvalue weighted by molar-refractivity contribution is 0.0944. The molecule has 0 radical (unpaired) electrons. The molecule has 0 unspecified atom stereocenters. The molecule has 5 nitrogen and oxygen atoms in total. The molecule has 0 aliphatic rings. The molecule has 0 aliphatic heterocycles. The number of benzene rings is 1. The molecule has 0 saturated carbocycles. The van der Waals surface area contributed by atoms with Crippen LogP contribution in [-0.4, -0.2) is 20.9 Å². The second-order valence-electron chi connectivity index (χ2n) is 4.41. The first-order valence-electron chi connectivity index (χ1n) is 5.43. The van der Waals surface area contributed by atoms with Gasteiger partial charge in [0, 0.05) is 11.6 Å². The van der Waals surface area contributed by atoms with Crippen molar-refractivity contribution in [2.24, 2.45) is 11.1 Å². The average molecular weight is 309 g/mol. The van der Waals surface area contributed by atoms with Crippen molar-refractivity contribution in [3.05, 3.63) is 28.5 Å². The molecule has 0 bridgehead atoms. The summed E-state index contributed by atoms with van der Waals surface area (Å²) in [6, 6.07) is 1.92. The largest absolute Gasteiger partial charge is 0.352 e. The van der Waals surface area contributed by atoms with E-state index in [9.17, 15) is 17.6 Å². The van der Waals surface area contributed by atoms with E-state index < -0.39 is 32.2 Å². The highest BCUT2D eigenvalue weighted by Gasteiger charge is 2.22. The summed E-state index contributed by atoms with van der Waals surface area (Å²) in [5.41, 5.74) is -0.447. The maximum absolute atomic E-state index is 13.9. The number of carbonyl (C=O) groups excluding carboxylic acids is 1. The number of amides is 1. The van der Waals surface area contributed by atoms with Gasteiger partial charge in [0.25, 0.3) is 5.91 Å². The van der Waals surface area contributed by atoms with E-state index in [1.807, 2.05) is 13.8 Å². The highest BCUT2D eigenvalue weighted by atomic mass is 35.5. The van der Waals surface area contributed by atoms with Crippen LogP contribution in [-0.2, 0) is 10.0 Å². The van der Waals surface area contributed by atoms with Gasteiger partial charge in [0.2, 0.25) is 10.0 Å². The first-order valence-corrected chi connectivity index (χ1v) is 7.35. The molecule has 3 N–H and O–H groups in total. The summed E-state index contributed by atoms with van der Waals surface area (Å²) < 4.78 is 36.3. The fourth-order valence-electron chi connectivity index (χ4n) is 1.33. The second kappa shape index (κ2) is 5.85. The van der Waals surface area contributed by atoms with Crippen LogP contribution in [0.1, 0.15) is 24.2 Å². The van der Waals surface area contributed by atoms with Gasteiger partial charge in [-0.05, 0) is 18.1 Å². The van der Waals surface area contributed by atoms with Crippen LogP contribution in [0.4, 0.5) is 4.39 Å². The predicted octanol–water partition coefficient (Wildman–Crippen LogP) is 1.51. The molecular formula is C11H14ClFN2O3S. The smallest absolute Gasteiger partial charge is 0.254 e. The first-order chi connectivity index (χ1) is 8.62. The molecule has 0 heterocycles. The number of rotatable bonds is 4. The Hall–Kier alpha value is -1.18. The lowest BCUT2D eigenvalue weighted by Gasteiger charge is -2.10. The predicted molar refractivity (Wildman–Crippen MR) is 70.0 cm³/mol. The van der Waals surface area contributed by atoms with E-state index in [4.69, 9.17) is 16.7 Å². The summed E-state index contributed by atoms with van der Waals surface area (Å²) in [5, 5.41) is 7.25. The molecule has 1 aromatic carbocycles. The van der Waals surface area contributed by atoms with E-state index >= 15 is 0 Å². The third-order valence-corrected chi connectivity index (χ3v) is 3.35. The summed E-state index contributed by atoms with van der Waals surface area (Å²) in [6.07, 6.45) is 0. The number of sulfonamides is 1. The summed E-state index contributed by atoms with van der Waals surface area (Å²) in [7, 11) is -4.28. The van der Waals surface area contributed by atoms with E-state index in [2.05, 4.69) is 5.32 Å². The minimum absolute atomic E-state index is 0.0832. The zero-order valence-electron chi connectivity index (χ0n) is 10.4. The van der Waals surface area contributed by atoms with Crippen LogP contribution in [0, 0.1) is 11.7 Å². The third-order valence-electron chi connectivity index (χ3n) is 2.23. The van der Waals surface area contributed by atoms with E-state index in [1.54, 1.807) is 0 Å². The number of primary sulfonamides is 1. The molecule has 1 rings (SSSR count). The number of nitrogens with one attached hydrogen (secondary N) is 1. The summed E-state index contributed by atoms with van der Waals surface area (Å²) in [5.74, 6) is -1.77. The number of carbonyl (C=O) groups is 1. The SMILES string of the molecule is CC(C)CNC(=O)c1cc(Cl)cc(S(N)(=O)=O)c1F. The van der Waals surface area contributed by atoms with Gasteiger partial charge in [-0.3, -0.25) is 4.79 Å². The van der Waals surface area contributed by atoms with Crippen molar-refractivity contribution in [2.75, 3.05) is 6.54 Å². The zero-order chi connectivity index (χ0) is 14.8. The van der Waals surface area contributed by atoms with Crippen molar-refractivity contribution < 1.29 is 17.6 Å². The lowest BCUT2D eigenvalue weighted by Crippen LogP contribution is -2.29. The molecular weight excluding hydrogens is 295 g/mol. The normalized spacial score (nSPS) is 11.7. The Balaban J connectivity index is 3.22. The Morgan fingerprint density at radius 3 is 2.53 bits per heavy atom. The van der Waals surface area contributed by atoms with Crippen LogP contribution in [0.25, 0.3) is 0 Å². The van der Waals surface area contributed by atoms with Crippen LogP contribution < -0.4 is 10.5 Å². The Labute approximate surface area is 116 Å². The Bertz CT molecular complexity index is 602. The van der Waals surface area contributed by atoms with Crippen molar-refractivity contribution in [1.82, 2.24) is 5.32 Å². The second-order valence-corrected chi connectivity index (χ2v) is 6.38. The van der Waals surface area contributed by atoms with Gasteiger partial charge in [0.1, 0.15) is 4.90 Å². The summed E-state index contributed by atoms with van der Waals surface area (Å²) in [4.78, 5) is 11.0. The molecule has 8 heteroatoms. The zero-order valence-corrected chi connectivity index (χ0v) is 12.0. The van der Waals surface area contributed by atoms with Crippen molar-refractivity contribution in [2.45, 2.75) is 18.7 Å².